The molecule has 0 aliphatic heterocycles. The molecule has 0 saturated carbocycles. The van der Waals surface area contributed by atoms with Gasteiger partial charge < -0.3 is 9.84 Å². The lowest BCUT2D eigenvalue weighted by atomic mass is 10.1. The molecule has 16 heavy (non-hydrogen) atoms. The van der Waals surface area contributed by atoms with Gasteiger partial charge in [-0.15, -0.1) is 0 Å². The van der Waals surface area contributed by atoms with Gasteiger partial charge in [-0.3, -0.25) is 0 Å². The Labute approximate surface area is 101 Å². The summed E-state index contributed by atoms with van der Waals surface area (Å²) in [6.07, 6.45) is 11.1. The smallest absolute Gasteiger partial charge is 0.152 e. The molecule has 2 unspecified atom stereocenters. The minimum atomic E-state index is -0.616. The third-order valence-corrected chi connectivity index (χ3v) is 2.97. The summed E-state index contributed by atoms with van der Waals surface area (Å²) in [7, 11) is 0. The van der Waals surface area contributed by atoms with Crippen LogP contribution in [-0.4, -0.2) is 17.5 Å². The minimum absolute atomic E-state index is 0.246. The highest BCUT2D eigenvalue weighted by molar-refractivity contribution is 4.56. The Morgan fingerprint density at radius 3 is 2.00 bits per heavy atom. The van der Waals surface area contributed by atoms with Crippen LogP contribution in [0.25, 0.3) is 0 Å². The standard InChI is InChI=1S/C14H30O2/c1-4-6-7-8-9-10-11-12-14(5-2)16-13(3)15/h13-15H,4-12H2,1-3H3. The molecule has 0 heterocycles. The van der Waals surface area contributed by atoms with Crippen LogP contribution in [0.15, 0.2) is 0 Å². The van der Waals surface area contributed by atoms with Crippen LogP contribution in [0.4, 0.5) is 0 Å². The highest BCUT2D eigenvalue weighted by atomic mass is 16.6. The van der Waals surface area contributed by atoms with Gasteiger partial charge in [0, 0.05) is 0 Å². The Balaban J connectivity index is 3.27. The van der Waals surface area contributed by atoms with Crippen LogP contribution in [0.1, 0.15) is 78.6 Å². The lowest BCUT2D eigenvalue weighted by Gasteiger charge is -2.17. The number of hydrogen-bond donors (Lipinski definition) is 1. The van der Waals surface area contributed by atoms with Gasteiger partial charge in [0.05, 0.1) is 6.10 Å². The largest absolute Gasteiger partial charge is 0.368 e. The number of aliphatic hydroxyl groups excluding tert-OH is 1. The van der Waals surface area contributed by atoms with Crippen LogP contribution in [0.3, 0.4) is 0 Å². The van der Waals surface area contributed by atoms with Gasteiger partial charge in [0.2, 0.25) is 0 Å². The predicted octanol–water partition coefficient (Wildman–Crippen LogP) is 4.26. The SMILES string of the molecule is CCCCCCCCCC(CC)OC(C)O. The molecule has 2 nitrogen and oxygen atoms in total. The van der Waals surface area contributed by atoms with Gasteiger partial charge in [0.25, 0.3) is 0 Å². The zero-order valence-electron chi connectivity index (χ0n) is 11.4. The Bertz CT molecular complexity index is 135. The molecule has 2 heteroatoms. The van der Waals surface area contributed by atoms with E-state index in [1.165, 1.54) is 44.9 Å². The zero-order chi connectivity index (χ0) is 12.2. The Kier molecular flexibility index (Phi) is 11.3. The fraction of sp³-hybridized carbons (Fsp3) is 1.00. The maximum Gasteiger partial charge on any atom is 0.152 e. The lowest BCUT2D eigenvalue weighted by molar-refractivity contribution is -0.126. The Morgan fingerprint density at radius 1 is 0.938 bits per heavy atom. The van der Waals surface area contributed by atoms with Crippen LogP contribution >= 0.6 is 0 Å². The van der Waals surface area contributed by atoms with Gasteiger partial charge >= 0.3 is 0 Å². The zero-order valence-corrected chi connectivity index (χ0v) is 11.4. The number of rotatable bonds is 11. The topological polar surface area (TPSA) is 29.5 Å². The summed E-state index contributed by atoms with van der Waals surface area (Å²) in [6.45, 7) is 6.06. The Hall–Kier alpha value is -0.0800. The highest BCUT2D eigenvalue weighted by Gasteiger charge is 2.08. The van der Waals surface area contributed by atoms with Crippen LogP contribution in [-0.2, 0) is 4.74 Å². The summed E-state index contributed by atoms with van der Waals surface area (Å²) in [6, 6.07) is 0. The van der Waals surface area contributed by atoms with Crippen molar-refractivity contribution in [1.29, 1.82) is 0 Å². The summed E-state index contributed by atoms with van der Waals surface area (Å²) < 4.78 is 5.40. The van der Waals surface area contributed by atoms with Crippen molar-refractivity contribution in [3.05, 3.63) is 0 Å². The summed E-state index contributed by atoms with van der Waals surface area (Å²) >= 11 is 0. The average Bonchev–Trinajstić information content (AvgIpc) is 2.25. The lowest BCUT2D eigenvalue weighted by Crippen LogP contribution is -2.18. The number of ether oxygens (including phenoxy) is 1. The first kappa shape index (κ1) is 15.9. The third kappa shape index (κ3) is 10.4. The average molecular weight is 230 g/mol. The van der Waals surface area contributed by atoms with Gasteiger partial charge in [-0.2, -0.15) is 0 Å². The second kappa shape index (κ2) is 11.4. The fourth-order valence-electron chi connectivity index (χ4n) is 1.98. The van der Waals surface area contributed by atoms with Crippen molar-refractivity contribution in [2.24, 2.45) is 0 Å². The molecule has 0 bridgehead atoms. The van der Waals surface area contributed by atoms with Gasteiger partial charge in [-0.25, -0.2) is 0 Å². The van der Waals surface area contributed by atoms with Crippen molar-refractivity contribution in [3.8, 4) is 0 Å². The first-order valence-corrected chi connectivity index (χ1v) is 7.04. The molecule has 0 spiro atoms. The van der Waals surface area contributed by atoms with Crippen LogP contribution in [0.5, 0.6) is 0 Å². The molecule has 0 radical (unpaired) electrons. The van der Waals surface area contributed by atoms with Crippen molar-refractivity contribution in [3.63, 3.8) is 0 Å². The molecule has 0 aliphatic rings. The van der Waals surface area contributed by atoms with Crippen molar-refractivity contribution in [2.45, 2.75) is 91.0 Å². The summed E-state index contributed by atoms with van der Waals surface area (Å²) in [5.41, 5.74) is 0. The van der Waals surface area contributed by atoms with E-state index in [0.717, 1.165) is 12.8 Å². The van der Waals surface area contributed by atoms with E-state index < -0.39 is 6.29 Å². The molecular formula is C14H30O2. The maximum absolute atomic E-state index is 9.13. The van der Waals surface area contributed by atoms with E-state index in [-0.39, 0.29) is 6.10 Å². The molecule has 0 rings (SSSR count). The monoisotopic (exact) mass is 230 g/mol. The van der Waals surface area contributed by atoms with E-state index in [2.05, 4.69) is 13.8 Å². The molecule has 0 fully saturated rings. The van der Waals surface area contributed by atoms with Crippen molar-refractivity contribution in [2.75, 3.05) is 0 Å². The first-order chi connectivity index (χ1) is 7.70. The quantitative estimate of drug-likeness (QED) is 0.424. The second-order valence-electron chi connectivity index (χ2n) is 4.68. The minimum Gasteiger partial charge on any atom is -0.368 e. The van der Waals surface area contributed by atoms with E-state index >= 15 is 0 Å². The molecule has 0 aromatic carbocycles. The molecule has 0 saturated heterocycles. The van der Waals surface area contributed by atoms with Crippen molar-refractivity contribution >= 4 is 0 Å². The maximum atomic E-state index is 9.13. The molecule has 2 atom stereocenters. The van der Waals surface area contributed by atoms with E-state index in [1.54, 1.807) is 6.92 Å². The molecule has 0 aliphatic carbocycles. The molecule has 1 N–H and O–H groups in total. The van der Waals surface area contributed by atoms with E-state index in [1.807, 2.05) is 0 Å². The van der Waals surface area contributed by atoms with Gasteiger partial charge in [-0.05, 0) is 19.8 Å². The summed E-state index contributed by atoms with van der Waals surface area (Å²) in [4.78, 5) is 0. The molecule has 0 amide bonds. The van der Waals surface area contributed by atoms with Crippen LogP contribution in [0.2, 0.25) is 0 Å². The number of hydrogen-bond acceptors (Lipinski definition) is 2. The van der Waals surface area contributed by atoms with Crippen molar-refractivity contribution in [1.82, 2.24) is 0 Å². The van der Waals surface area contributed by atoms with Gasteiger partial charge in [-0.1, -0.05) is 58.8 Å². The van der Waals surface area contributed by atoms with E-state index in [4.69, 9.17) is 9.84 Å². The number of unbranched alkanes of at least 4 members (excludes halogenated alkanes) is 6. The third-order valence-electron chi connectivity index (χ3n) is 2.97. The number of aliphatic hydroxyl groups is 1. The predicted molar refractivity (Wildman–Crippen MR) is 69.5 cm³/mol. The van der Waals surface area contributed by atoms with E-state index in [9.17, 15) is 0 Å². The molecular weight excluding hydrogens is 200 g/mol. The normalized spacial score (nSPS) is 15.0. The summed E-state index contributed by atoms with van der Waals surface area (Å²) in [5.74, 6) is 0. The van der Waals surface area contributed by atoms with Crippen LogP contribution in [0, 0.1) is 0 Å². The van der Waals surface area contributed by atoms with Gasteiger partial charge in [0.15, 0.2) is 6.29 Å². The molecule has 0 aromatic heterocycles. The fourth-order valence-corrected chi connectivity index (χ4v) is 1.98. The second-order valence-corrected chi connectivity index (χ2v) is 4.68. The highest BCUT2D eigenvalue weighted by Crippen LogP contribution is 2.13. The summed E-state index contributed by atoms with van der Waals surface area (Å²) in [5, 5.41) is 9.13. The Morgan fingerprint density at radius 2 is 1.50 bits per heavy atom. The van der Waals surface area contributed by atoms with Crippen LogP contribution < -0.4 is 0 Å². The molecule has 0 aromatic rings. The van der Waals surface area contributed by atoms with Crippen molar-refractivity contribution < 1.29 is 9.84 Å². The first-order valence-electron chi connectivity index (χ1n) is 7.04. The van der Waals surface area contributed by atoms with E-state index in [0.29, 0.717) is 0 Å². The molecule has 98 valence electrons. The van der Waals surface area contributed by atoms with Gasteiger partial charge in [0.1, 0.15) is 0 Å².